The molecule has 2 aromatic carbocycles. The number of hydrogen-bond acceptors (Lipinski definition) is 3. The highest BCUT2D eigenvalue weighted by molar-refractivity contribution is 7.99. The Bertz CT molecular complexity index is 976. The van der Waals surface area contributed by atoms with E-state index in [0.29, 0.717) is 17.9 Å². The molecule has 1 aliphatic carbocycles. The van der Waals surface area contributed by atoms with Crippen LogP contribution in [0.2, 0.25) is 0 Å². The Balaban J connectivity index is 1.50. The van der Waals surface area contributed by atoms with Crippen LogP contribution < -0.4 is 5.32 Å². The summed E-state index contributed by atoms with van der Waals surface area (Å²) in [6, 6.07) is 15.1. The largest absolute Gasteiger partial charge is 0.417 e. The minimum absolute atomic E-state index is 0.219. The fourth-order valence-corrected chi connectivity index (χ4v) is 6.58. The van der Waals surface area contributed by atoms with E-state index in [2.05, 4.69) is 29.6 Å². The van der Waals surface area contributed by atoms with Gasteiger partial charge >= 0.3 is 13.8 Å². The molecular formula is C26H35F3NO3PS. The molecule has 0 unspecified atom stereocenters. The second-order valence-corrected chi connectivity index (χ2v) is 12.3. The highest BCUT2D eigenvalue weighted by Gasteiger charge is 2.35. The standard InChI is InChI=1S/C26H35F3NO3PS/c27-26(28,29)23-19-21(20-30-16-8-17-34(31,32)33)11-12-24(23)35-18-7-6-15-25(13-4-5-14-25)22-9-2-1-3-10-22/h1-3,9-12,19,30H,4-8,13-18,20H2,(H2,31,32,33). The molecule has 0 atom stereocenters. The average molecular weight is 530 g/mol. The van der Waals surface area contributed by atoms with Gasteiger partial charge in [0.15, 0.2) is 0 Å². The van der Waals surface area contributed by atoms with Crippen LogP contribution in [-0.4, -0.2) is 28.2 Å². The van der Waals surface area contributed by atoms with Crippen LogP contribution in [0.15, 0.2) is 53.4 Å². The molecule has 0 saturated heterocycles. The van der Waals surface area contributed by atoms with Crippen LogP contribution in [0.25, 0.3) is 0 Å². The normalized spacial score (nSPS) is 16.0. The number of rotatable bonds is 13. The summed E-state index contributed by atoms with van der Waals surface area (Å²) in [7, 11) is -4.05. The van der Waals surface area contributed by atoms with Crippen molar-refractivity contribution in [1.82, 2.24) is 5.32 Å². The number of unbranched alkanes of at least 4 members (excludes halogenated alkanes) is 1. The molecule has 1 aliphatic rings. The van der Waals surface area contributed by atoms with Crippen molar-refractivity contribution in [2.75, 3.05) is 18.5 Å². The van der Waals surface area contributed by atoms with Gasteiger partial charge in [-0.1, -0.05) is 55.7 Å². The molecule has 0 aliphatic heterocycles. The molecular weight excluding hydrogens is 494 g/mol. The number of nitrogens with one attached hydrogen (secondary N) is 1. The second-order valence-electron chi connectivity index (χ2n) is 9.41. The van der Waals surface area contributed by atoms with E-state index < -0.39 is 19.3 Å². The quantitative estimate of drug-likeness (QED) is 0.146. The Morgan fingerprint density at radius 3 is 2.37 bits per heavy atom. The van der Waals surface area contributed by atoms with Gasteiger partial charge in [0.25, 0.3) is 0 Å². The van der Waals surface area contributed by atoms with Crippen molar-refractivity contribution in [2.24, 2.45) is 0 Å². The van der Waals surface area contributed by atoms with Crippen LogP contribution in [0.4, 0.5) is 13.2 Å². The second kappa shape index (κ2) is 12.8. The first-order chi connectivity index (χ1) is 16.6. The maximum absolute atomic E-state index is 13.7. The van der Waals surface area contributed by atoms with Crippen LogP contribution in [0.1, 0.15) is 68.1 Å². The maximum atomic E-state index is 13.7. The van der Waals surface area contributed by atoms with Gasteiger partial charge < -0.3 is 15.1 Å². The number of benzene rings is 2. The first-order valence-electron chi connectivity index (χ1n) is 12.2. The fourth-order valence-electron chi connectivity index (χ4n) is 4.95. The number of thioether (sulfide) groups is 1. The van der Waals surface area contributed by atoms with Crippen LogP contribution in [0.3, 0.4) is 0 Å². The Hall–Kier alpha value is -1.31. The Kier molecular flexibility index (Phi) is 10.3. The zero-order valence-electron chi connectivity index (χ0n) is 19.9. The van der Waals surface area contributed by atoms with Crippen molar-refractivity contribution in [2.45, 2.75) is 74.4 Å². The summed E-state index contributed by atoms with van der Waals surface area (Å²) >= 11 is 1.27. The fraction of sp³-hybridized carbons (Fsp3) is 0.538. The van der Waals surface area contributed by atoms with Crippen molar-refractivity contribution in [1.29, 1.82) is 0 Å². The van der Waals surface area contributed by atoms with Gasteiger partial charge in [-0.25, -0.2) is 0 Å². The van der Waals surface area contributed by atoms with E-state index in [1.807, 2.05) is 6.07 Å². The van der Waals surface area contributed by atoms with E-state index in [1.54, 1.807) is 12.1 Å². The van der Waals surface area contributed by atoms with Crippen molar-refractivity contribution in [3.05, 3.63) is 65.2 Å². The van der Waals surface area contributed by atoms with Crippen molar-refractivity contribution in [3.8, 4) is 0 Å². The molecule has 0 spiro atoms. The van der Waals surface area contributed by atoms with Gasteiger partial charge in [0.05, 0.1) is 11.7 Å². The van der Waals surface area contributed by atoms with Crippen molar-refractivity contribution >= 4 is 19.4 Å². The summed E-state index contributed by atoms with van der Waals surface area (Å²) in [6.45, 7) is 0.546. The van der Waals surface area contributed by atoms with Crippen LogP contribution in [-0.2, 0) is 22.7 Å². The van der Waals surface area contributed by atoms with E-state index in [4.69, 9.17) is 9.79 Å². The third-order valence-corrected chi connectivity index (χ3v) is 8.79. The van der Waals surface area contributed by atoms with Crippen molar-refractivity contribution < 1.29 is 27.5 Å². The lowest BCUT2D eigenvalue weighted by Crippen LogP contribution is -2.21. The summed E-state index contributed by atoms with van der Waals surface area (Å²) in [5, 5.41) is 2.96. The molecule has 0 radical (unpaired) electrons. The van der Waals surface area contributed by atoms with Gasteiger partial charge in [0.1, 0.15) is 0 Å². The predicted molar refractivity (Wildman–Crippen MR) is 136 cm³/mol. The summed E-state index contributed by atoms with van der Waals surface area (Å²) in [4.78, 5) is 18.0. The molecule has 3 rings (SSSR count). The van der Waals surface area contributed by atoms with Gasteiger partial charge in [-0.05, 0) is 73.1 Å². The van der Waals surface area contributed by atoms with E-state index in [0.717, 1.165) is 19.3 Å². The smallest absolute Gasteiger partial charge is 0.324 e. The van der Waals surface area contributed by atoms with Crippen LogP contribution in [0, 0.1) is 0 Å². The average Bonchev–Trinajstić information content (AvgIpc) is 3.28. The molecule has 3 N–H and O–H groups in total. The minimum atomic E-state index is -4.43. The lowest BCUT2D eigenvalue weighted by molar-refractivity contribution is -0.139. The Labute approximate surface area is 210 Å². The molecule has 0 aromatic heterocycles. The molecule has 0 amide bonds. The molecule has 1 saturated carbocycles. The lowest BCUT2D eigenvalue weighted by atomic mass is 9.75. The van der Waals surface area contributed by atoms with E-state index >= 15 is 0 Å². The molecule has 0 heterocycles. The zero-order chi connectivity index (χ0) is 25.4. The molecule has 4 nitrogen and oxygen atoms in total. The summed E-state index contributed by atoms with van der Waals surface area (Å²) in [5.74, 6) is 0.647. The molecule has 1 fully saturated rings. The molecule has 194 valence electrons. The number of alkyl halides is 3. The highest BCUT2D eigenvalue weighted by atomic mass is 32.2. The van der Waals surface area contributed by atoms with E-state index in [-0.39, 0.29) is 29.4 Å². The molecule has 2 aromatic rings. The first-order valence-corrected chi connectivity index (χ1v) is 15.0. The Morgan fingerprint density at radius 2 is 1.71 bits per heavy atom. The topological polar surface area (TPSA) is 69.6 Å². The minimum Gasteiger partial charge on any atom is -0.324 e. The number of hydrogen-bond donors (Lipinski definition) is 3. The molecule has 0 bridgehead atoms. The van der Waals surface area contributed by atoms with Crippen molar-refractivity contribution in [3.63, 3.8) is 0 Å². The highest BCUT2D eigenvalue weighted by Crippen LogP contribution is 2.45. The van der Waals surface area contributed by atoms with Gasteiger partial charge in [0.2, 0.25) is 0 Å². The monoisotopic (exact) mass is 529 g/mol. The van der Waals surface area contributed by atoms with Gasteiger partial charge in [-0.15, -0.1) is 11.8 Å². The first kappa shape index (κ1) is 28.3. The third kappa shape index (κ3) is 8.94. The van der Waals surface area contributed by atoms with Crippen LogP contribution >= 0.6 is 19.4 Å². The van der Waals surface area contributed by atoms with E-state index in [1.165, 1.54) is 49.1 Å². The number of halogens is 3. The van der Waals surface area contributed by atoms with E-state index in [9.17, 15) is 17.7 Å². The summed E-state index contributed by atoms with van der Waals surface area (Å²) < 4.78 is 52.0. The SMILES string of the molecule is O=P(O)(O)CCCNCc1ccc(SCCCCC2(c3ccccc3)CCCC2)c(C(F)(F)F)c1. The van der Waals surface area contributed by atoms with Gasteiger partial charge in [-0.3, -0.25) is 4.57 Å². The summed E-state index contributed by atoms with van der Waals surface area (Å²) in [6.07, 6.45) is 3.41. The molecule has 35 heavy (non-hydrogen) atoms. The third-order valence-electron chi connectivity index (χ3n) is 6.74. The van der Waals surface area contributed by atoms with Gasteiger partial charge in [-0.2, -0.15) is 13.2 Å². The van der Waals surface area contributed by atoms with Gasteiger partial charge in [0, 0.05) is 11.4 Å². The van der Waals surface area contributed by atoms with Crippen LogP contribution in [0.5, 0.6) is 0 Å². The maximum Gasteiger partial charge on any atom is 0.417 e. The zero-order valence-corrected chi connectivity index (χ0v) is 21.6. The lowest BCUT2D eigenvalue weighted by Gasteiger charge is -2.30. The summed E-state index contributed by atoms with van der Waals surface area (Å²) in [5.41, 5.74) is 1.51. The predicted octanol–water partition coefficient (Wildman–Crippen LogP) is 7.14. The molecule has 9 heteroatoms. The Morgan fingerprint density at radius 1 is 1.00 bits per heavy atom.